The van der Waals surface area contributed by atoms with Crippen LogP contribution in [0.2, 0.25) is 0 Å². The van der Waals surface area contributed by atoms with E-state index in [0.717, 1.165) is 16.7 Å². The molecule has 2 aromatic rings. The van der Waals surface area contributed by atoms with Crippen molar-refractivity contribution in [2.45, 2.75) is 65.3 Å². The summed E-state index contributed by atoms with van der Waals surface area (Å²) < 4.78 is 5.24. The Balaban J connectivity index is 2.35. The number of hydrogen-bond acceptors (Lipinski definition) is 5. The molecule has 0 radical (unpaired) electrons. The van der Waals surface area contributed by atoms with Gasteiger partial charge in [-0.1, -0.05) is 48.5 Å². The van der Waals surface area contributed by atoms with Gasteiger partial charge in [-0.2, -0.15) is 0 Å². The fraction of sp³-hybridized carbons (Fsp3) is 0.407. The molecule has 36 heavy (non-hydrogen) atoms. The number of primary amides is 1. The monoisotopic (exact) mass is 496 g/mol. The molecule has 0 spiro atoms. The van der Waals surface area contributed by atoms with Gasteiger partial charge in [-0.25, -0.2) is 4.79 Å². The van der Waals surface area contributed by atoms with Crippen LogP contribution in [0.4, 0.5) is 4.79 Å². The molecule has 2 rings (SSSR count). The molecule has 4 N–H and O–H groups in total. The summed E-state index contributed by atoms with van der Waals surface area (Å²) in [7, 11) is 1.45. The number of nitrogens with one attached hydrogen (secondary N) is 2. The average molecular weight is 497 g/mol. The number of likely N-dealkylation sites (N-methyl/N-ethyl adjacent to an activating group) is 1. The zero-order chi connectivity index (χ0) is 27.0. The van der Waals surface area contributed by atoms with E-state index in [1.54, 1.807) is 26.8 Å². The van der Waals surface area contributed by atoms with Crippen LogP contribution in [-0.2, 0) is 25.7 Å². The van der Waals surface area contributed by atoms with E-state index in [0.29, 0.717) is 5.56 Å². The fourth-order valence-electron chi connectivity index (χ4n) is 3.59. The lowest BCUT2D eigenvalue weighted by molar-refractivity contribution is -0.141. The summed E-state index contributed by atoms with van der Waals surface area (Å²) in [6, 6.07) is 12.6. The number of hydrogen-bond donors (Lipinski definition) is 3. The lowest BCUT2D eigenvalue weighted by atomic mass is 9.98. The van der Waals surface area contributed by atoms with E-state index in [4.69, 9.17) is 10.5 Å². The van der Waals surface area contributed by atoms with Crippen molar-refractivity contribution in [3.05, 3.63) is 70.8 Å². The largest absolute Gasteiger partial charge is 0.444 e. The number of aryl methyl sites for hydroxylation is 2. The van der Waals surface area contributed by atoms with Gasteiger partial charge in [0.1, 0.15) is 17.7 Å². The van der Waals surface area contributed by atoms with Gasteiger partial charge in [0.2, 0.25) is 17.7 Å². The molecule has 0 fully saturated rings. The molecule has 9 nitrogen and oxygen atoms in total. The maximum atomic E-state index is 13.5. The van der Waals surface area contributed by atoms with Gasteiger partial charge < -0.3 is 26.0 Å². The molecule has 0 heterocycles. The molecule has 194 valence electrons. The highest BCUT2D eigenvalue weighted by Crippen LogP contribution is 2.24. The Labute approximate surface area is 212 Å². The van der Waals surface area contributed by atoms with Crippen LogP contribution in [0.1, 0.15) is 55.5 Å². The first-order valence-corrected chi connectivity index (χ1v) is 11.7. The molecular formula is C27H36N4O5. The first-order valence-electron chi connectivity index (χ1n) is 11.7. The number of amides is 4. The van der Waals surface area contributed by atoms with Gasteiger partial charge >= 0.3 is 6.09 Å². The Kier molecular flexibility index (Phi) is 9.60. The number of rotatable bonds is 9. The van der Waals surface area contributed by atoms with Crippen LogP contribution in [0.5, 0.6) is 0 Å². The molecule has 0 bridgehead atoms. The number of carbonyl (C=O) groups excluding carboxylic acids is 4. The van der Waals surface area contributed by atoms with E-state index < -0.39 is 47.9 Å². The molecule has 2 atom stereocenters. The maximum absolute atomic E-state index is 13.5. The molecule has 0 aromatic heterocycles. The van der Waals surface area contributed by atoms with E-state index in [9.17, 15) is 19.2 Å². The first-order chi connectivity index (χ1) is 16.8. The van der Waals surface area contributed by atoms with Gasteiger partial charge in [0.15, 0.2) is 0 Å². The standard InChI is InChI=1S/C27H36N4O5/c1-17-12-13-20(14-18(17)2)23(24(33)29-16-19-10-8-7-9-11-19)31(6)25(34)21(15-22(28)32)30-26(35)36-27(3,4)5/h7-14,21,23H,15-16H2,1-6H3,(H2,28,32)(H,29,33)(H,30,35). The second kappa shape index (κ2) is 12.2. The van der Waals surface area contributed by atoms with Gasteiger partial charge in [0, 0.05) is 13.6 Å². The van der Waals surface area contributed by atoms with Crippen molar-refractivity contribution in [3.8, 4) is 0 Å². The second-order valence-corrected chi connectivity index (χ2v) is 9.77. The summed E-state index contributed by atoms with van der Waals surface area (Å²) in [6.45, 7) is 9.17. The molecule has 0 aliphatic rings. The van der Waals surface area contributed by atoms with Crippen LogP contribution in [0.15, 0.2) is 48.5 Å². The normalized spacial score (nSPS) is 12.7. The van der Waals surface area contributed by atoms with Crippen molar-refractivity contribution in [1.29, 1.82) is 0 Å². The molecule has 0 saturated heterocycles. The second-order valence-electron chi connectivity index (χ2n) is 9.77. The van der Waals surface area contributed by atoms with Gasteiger partial charge in [-0.05, 0) is 56.9 Å². The van der Waals surface area contributed by atoms with Gasteiger partial charge in [0.05, 0.1) is 6.42 Å². The molecule has 0 saturated carbocycles. The zero-order valence-electron chi connectivity index (χ0n) is 21.8. The van der Waals surface area contributed by atoms with Crippen molar-refractivity contribution in [2.24, 2.45) is 5.73 Å². The maximum Gasteiger partial charge on any atom is 0.408 e. The van der Waals surface area contributed by atoms with Crippen LogP contribution in [0.3, 0.4) is 0 Å². The Morgan fingerprint density at radius 2 is 1.64 bits per heavy atom. The predicted octanol–water partition coefficient (Wildman–Crippen LogP) is 2.89. The van der Waals surface area contributed by atoms with Crippen molar-refractivity contribution in [3.63, 3.8) is 0 Å². The smallest absolute Gasteiger partial charge is 0.408 e. The van der Waals surface area contributed by atoms with Crippen LogP contribution >= 0.6 is 0 Å². The third kappa shape index (κ3) is 8.41. The molecule has 0 aliphatic heterocycles. The van der Waals surface area contributed by atoms with E-state index in [1.165, 1.54) is 11.9 Å². The van der Waals surface area contributed by atoms with Crippen molar-refractivity contribution in [2.75, 3.05) is 7.05 Å². The molecule has 2 unspecified atom stereocenters. The quantitative estimate of drug-likeness (QED) is 0.491. The first kappa shape index (κ1) is 28.4. The van der Waals surface area contributed by atoms with Crippen LogP contribution in [0, 0.1) is 13.8 Å². The number of ether oxygens (including phenoxy) is 1. The Hall–Kier alpha value is -3.88. The molecule has 9 heteroatoms. The minimum absolute atomic E-state index is 0.268. The van der Waals surface area contributed by atoms with Crippen LogP contribution < -0.4 is 16.4 Å². The molecule has 2 aromatic carbocycles. The van der Waals surface area contributed by atoms with E-state index in [2.05, 4.69) is 10.6 Å². The van der Waals surface area contributed by atoms with Gasteiger partial charge in [-0.3, -0.25) is 14.4 Å². The highest BCUT2D eigenvalue weighted by Gasteiger charge is 2.35. The zero-order valence-corrected chi connectivity index (χ0v) is 21.8. The number of carbonyl (C=O) groups is 4. The summed E-state index contributed by atoms with van der Waals surface area (Å²) in [6.07, 6.45) is -1.32. The van der Waals surface area contributed by atoms with Crippen molar-refractivity contribution in [1.82, 2.24) is 15.5 Å². The Morgan fingerprint density at radius 1 is 1.00 bits per heavy atom. The summed E-state index contributed by atoms with van der Waals surface area (Å²) in [5, 5.41) is 5.31. The third-order valence-corrected chi connectivity index (χ3v) is 5.53. The number of benzene rings is 2. The minimum Gasteiger partial charge on any atom is -0.444 e. The number of alkyl carbamates (subject to hydrolysis) is 1. The summed E-state index contributed by atoms with van der Waals surface area (Å²) in [4.78, 5) is 52.2. The highest BCUT2D eigenvalue weighted by molar-refractivity contribution is 5.94. The fourth-order valence-corrected chi connectivity index (χ4v) is 3.59. The van der Waals surface area contributed by atoms with E-state index in [-0.39, 0.29) is 6.54 Å². The highest BCUT2D eigenvalue weighted by atomic mass is 16.6. The molecule has 4 amide bonds. The Bertz CT molecular complexity index is 1100. The lowest BCUT2D eigenvalue weighted by Crippen LogP contribution is -2.52. The van der Waals surface area contributed by atoms with Gasteiger partial charge in [0.25, 0.3) is 0 Å². The molecular weight excluding hydrogens is 460 g/mol. The third-order valence-electron chi connectivity index (χ3n) is 5.53. The lowest BCUT2D eigenvalue weighted by Gasteiger charge is -2.31. The SMILES string of the molecule is Cc1ccc(C(C(=O)NCc2ccccc2)N(C)C(=O)C(CC(N)=O)NC(=O)OC(C)(C)C)cc1C. The van der Waals surface area contributed by atoms with Crippen molar-refractivity contribution < 1.29 is 23.9 Å². The summed E-state index contributed by atoms with van der Waals surface area (Å²) >= 11 is 0. The predicted molar refractivity (Wildman–Crippen MR) is 137 cm³/mol. The topological polar surface area (TPSA) is 131 Å². The molecule has 0 aliphatic carbocycles. The van der Waals surface area contributed by atoms with Crippen LogP contribution in [-0.4, -0.2) is 47.4 Å². The minimum atomic E-state index is -1.31. The van der Waals surface area contributed by atoms with E-state index >= 15 is 0 Å². The van der Waals surface area contributed by atoms with E-state index in [1.807, 2.05) is 56.3 Å². The summed E-state index contributed by atoms with van der Waals surface area (Å²) in [5.74, 6) is -1.85. The van der Waals surface area contributed by atoms with Crippen molar-refractivity contribution >= 4 is 23.8 Å². The summed E-state index contributed by atoms with van der Waals surface area (Å²) in [5.41, 5.74) is 8.02. The Morgan fingerprint density at radius 3 is 2.19 bits per heavy atom. The average Bonchev–Trinajstić information content (AvgIpc) is 2.78. The van der Waals surface area contributed by atoms with Crippen LogP contribution in [0.25, 0.3) is 0 Å². The van der Waals surface area contributed by atoms with Gasteiger partial charge in [-0.15, -0.1) is 0 Å². The number of nitrogens with zero attached hydrogens (tertiary/aromatic N) is 1. The number of nitrogens with two attached hydrogens (primary N) is 1.